The van der Waals surface area contributed by atoms with E-state index in [0.29, 0.717) is 0 Å². The van der Waals surface area contributed by atoms with Gasteiger partial charge in [-0.15, -0.1) is 0 Å². The highest BCUT2D eigenvalue weighted by Gasteiger charge is 2.18. The van der Waals surface area contributed by atoms with Gasteiger partial charge in [0.15, 0.2) is 0 Å². The first kappa shape index (κ1) is 12.8. The molecule has 16 heavy (non-hydrogen) atoms. The standard InChI is InChI=1S/C13H20O2Si/c1-6-13(15-16(3,4)5)11-7-9-12(14-2)10-8-11/h6-10H,1-5H3/b13-6+. The van der Waals surface area contributed by atoms with Crippen LogP contribution >= 0.6 is 0 Å². The van der Waals surface area contributed by atoms with Crippen molar-refractivity contribution in [2.75, 3.05) is 7.11 Å². The molecule has 0 fully saturated rings. The number of methoxy groups -OCH3 is 1. The van der Waals surface area contributed by atoms with E-state index in [1.54, 1.807) is 7.11 Å². The van der Waals surface area contributed by atoms with Crippen LogP contribution in [0, 0.1) is 0 Å². The molecule has 0 N–H and O–H groups in total. The predicted octanol–water partition coefficient (Wildman–Crippen LogP) is 3.91. The Balaban J connectivity index is 2.88. The summed E-state index contributed by atoms with van der Waals surface area (Å²) in [5.41, 5.74) is 1.10. The van der Waals surface area contributed by atoms with Gasteiger partial charge in [-0.05, 0) is 56.9 Å². The lowest BCUT2D eigenvalue weighted by molar-refractivity contribution is 0.414. The van der Waals surface area contributed by atoms with Crippen molar-refractivity contribution in [3.05, 3.63) is 35.9 Å². The van der Waals surface area contributed by atoms with Crippen LogP contribution in [0.1, 0.15) is 12.5 Å². The number of ether oxygens (including phenoxy) is 1. The van der Waals surface area contributed by atoms with Gasteiger partial charge in [-0.2, -0.15) is 0 Å². The van der Waals surface area contributed by atoms with Crippen molar-refractivity contribution >= 4 is 14.1 Å². The van der Waals surface area contributed by atoms with Crippen LogP contribution in [0.15, 0.2) is 30.3 Å². The van der Waals surface area contributed by atoms with Gasteiger partial charge in [-0.1, -0.05) is 0 Å². The van der Waals surface area contributed by atoms with E-state index in [2.05, 4.69) is 19.6 Å². The molecule has 0 aliphatic rings. The van der Waals surface area contributed by atoms with Crippen molar-refractivity contribution in [2.45, 2.75) is 26.6 Å². The molecule has 1 aromatic carbocycles. The SMILES string of the molecule is C/C=C(/O[Si](C)(C)C)c1ccc(OC)cc1. The molecule has 0 amide bonds. The van der Waals surface area contributed by atoms with E-state index >= 15 is 0 Å². The lowest BCUT2D eigenvalue weighted by atomic mass is 10.2. The monoisotopic (exact) mass is 236 g/mol. The highest BCUT2D eigenvalue weighted by molar-refractivity contribution is 6.70. The summed E-state index contributed by atoms with van der Waals surface area (Å²) in [5.74, 6) is 1.83. The maximum atomic E-state index is 6.01. The maximum absolute atomic E-state index is 6.01. The van der Waals surface area contributed by atoms with Gasteiger partial charge in [0.1, 0.15) is 11.5 Å². The van der Waals surface area contributed by atoms with Crippen LogP contribution < -0.4 is 4.74 Å². The van der Waals surface area contributed by atoms with E-state index in [0.717, 1.165) is 17.1 Å². The Hall–Kier alpha value is -1.22. The molecule has 0 heterocycles. The molecule has 0 bridgehead atoms. The summed E-state index contributed by atoms with van der Waals surface area (Å²) in [6.45, 7) is 8.54. The summed E-state index contributed by atoms with van der Waals surface area (Å²) in [6, 6.07) is 7.95. The Kier molecular flexibility index (Phi) is 4.18. The average Bonchev–Trinajstić information content (AvgIpc) is 2.25. The van der Waals surface area contributed by atoms with E-state index in [1.165, 1.54) is 0 Å². The van der Waals surface area contributed by atoms with Gasteiger partial charge in [0, 0.05) is 5.56 Å². The smallest absolute Gasteiger partial charge is 0.242 e. The molecular formula is C13H20O2Si. The van der Waals surface area contributed by atoms with Crippen LogP contribution in [0.4, 0.5) is 0 Å². The van der Waals surface area contributed by atoms with Crippen LogP contribution in [0.2, 0.25) is 19.6 Å². The van der Waals surface area contributed by atoms with Gasteiger partial charge in [0.05, 0.1) is 7.11 Å². The first-order valence-corrected chi connectivity index (χ1v) is 8.87. The second-order valence-corrected chi connectivity index (χ2v) is 9.02. The van der Waals surface area contributed by atoms with Gasteiger partial charge >= 0.3 is 0 Å². The zero-order valence-corrected chi connectivity index (χ0v) is 11.7. The summed E-state index contributed by atoms with van der Waals surface area (Å²) < 4.78 is 11.1. The van der Waals surface area contributed by atoms with Crippen molar-refractivity contribution in [3.63, 3.8) is 0 Å². The topological polar surface area (TPSA) is 18.5 Å². The summed E-state index contributed by atoms with van der Waals surface area (Å²) >= 11 is 0. The molecule has 0 aliphatic carbocycles. The molecule has 0 atom stereocenters. The van der Waals surface area contributed by atoms with Crippen LogP contribution in [0.5, 0.6) is 5.75 Å². The molecule has 1 rings (SSSR count). The number of rotatable bonds is 4. The zero-order valence-electron chi connectivity index (χ0n) is 10.7. The number of benzene rings is 1. The van der Waals surface area contributed by atoms with Crippen molar-refractivity contribution in [1.82, 2.24) is 0 Å². The highest BCUT2D eigenvalue weighted by Crippen LogP contribution is 2.23. The van der Waals surface area contributed by atoms with Gasteiger partial charge in [-0.25, -0.2) is 0 Å². The molecule has 0 unspecified atom stereocenters. The fourth-order valence-electron chi connectivity index (χ4n) is 1.37. The van der Waals surface area contributed by atoms with Gasteiger partial charge < -0.3 is 9.16 Å². The van der Waals surface area contributed by atoms with Crippen molar-refractivity contribution in [1.29, 1.82) is 0 Å². The summed E-state index contributed by atoms with van der Waals surface area (Å²) in [5, 5.41) is 0. The minimum atomic E-state index is -1.55. The largest absolute Gasteiger partial charge is 0.544 e. The van der Waals surface area contributed by atoms with E-state index in [-0.39, 0.29) is 0 Å². The molecule has 2 nitrogen and oxygen atoms in total. The summed E-state index contributed by atoms with van der Waals surface area (Å²) in [6.07, 6.45) is 2.01. The Morgan fingerprint density at radius 3 is 2.06 bits per heavy atom. The second-order valence-electron chi connectivity index (χ2n) is 4.60. The van der Waals surface area contributed by atoms with Crippen LogP contribution in [-0.4, -0.2) is 15.4 Å². The first-order chi connectivity index (χ1) is 7.46. The molecule has 0 spiro atoms. The molecule has 0 saturated heterocycles. The molecule has 88 valence electrons. The average molecular weight is 236 g/mol. The van der Waals surface area contributed by atoms with Gasteiger partial charge in [0.2, 0.25) is 8.32 Å². The van der Waals surface area contributed by atoms with E-state index in [9.17, 15) is 0 Å². The Morgan fingerprint density at radius 2 is 1.69 bits per heavy atom. The fourth-order valence-corrected chi connectivity index (χ4v) is 2.27. The Morgan fingerprint density at radius 1 is 1.12 bits per heavy atom. The lowest BCUT2D eigenvalue weighted by Gasteiger charge is -2.22. The van der Waals surface area contributed by atoms with E-state index < -0.39 is 8.32 Å². The van der Waals surface area contributed by atoms with Crippen molar-refractivity contribution in [2.24, 2.45) is 0 Å². The molecule has 3 heteroatoms. The predicted molar refractivity (Wildman–Crippen MR) is 71.1 cm³/mol. The summed E-state index contributed by atoms with van der Waals surface area (Å²) in [4.78, 5) is 0. The summed E-state index contributed by atoms with van der Waals surface area (Å²) in [7, 11) is 0.125. The number of hydrogen-bond acceptors (Lipinski definition) is 2. The zero-order chi connectivity index (χ0) is 12.2. The molecule has 0 aromatic heterocycles. The fraction of sp³-hybridized carbons (Fsp3) is 0.385. The first-order valence-electron chi connectivity index (χ1n) is 5.46. The third kappa shape index (κ3) is 3.74. The molecule has 0 aliphatic heterocycles. The van der Waals surface area contributed by atoms with Gasteiger partial charge in [-0.3, -0.25) is 0 Å². The van der Waals surface area contributed by atoms with Gasteiger partial charge in [0.25, 0.3) is 0 Å². The second kappa shape index (κ2) is 5.21. The normalized spacial score (nSPS) is 12.4. The minimum absolute atomic E-state index is 0.868. The van der Waals surface area contributed by atoms with E-state index in [1.807, 2.05) is 37.3 Å². The number of allylic oxidation sites excluding steroid dienone is 1. The van der Waals surface area contributed by atoms with Crippen molar-refractivity contribution in [3.8, 4) is 5.75 Å². The minimum Gasteiger partial charge on any atom is -0.544 e. The van der Waals surface area contributed by atoms with Crippen LogP contribution in [0.3, 0.4) is 0 Å². The third-order valence-electron chi connectivity index (χ3n) is 2.05. The molecule has 1 aromatic rings. The highest BCUT2D eigenvalue weighted by atomic mass is 28.4. The Bertz CT molecular complexity index is 361. The lowest BCUT2D eigenvalue weighted by Crippen LogP contribution is -2.24. The van der Waals surface area contributed by atoms with Crippen LogP contribution in [-0.2, 0) is 4.43 Å². The van der Waals surface area contributed by atoms with Crippen LogP contribution in [0.25, 0.3) is 5.76 Å². The third-order valence-corrected chi connectivity index (χ3v) is 2.89. The number of hydrogen-bond donors (Lipinski definition) is 0. The molecular weight excluding hydrogens is 216 g/mol. The van der Waals surface area contributed by atoms with Crippen molar-refractivity contribution < 1.29 is 9.16 Å². The van der Waals surface area contributed by atoms with E-state index in [4.69, 9.17) is 9.16 Å². The Labute approximate surface area is 99.0 Å². The molecule has 0 saturated carbocycles. The molecule has 0 radical (unpaired) electrons. The maximum Gasteiger partial charge on any atom is 0.242 e. The quantitative estimate of drug-likeness (QED) is 0.583.